The molecule has 3 amide bonds. The van der Waals surface area contributed by atoms with Crippen LogP contribution in [0.2, 0.25) is 0 Å². The number of benzene rings is 1. The molecule has 0 aromatic heterocycles. The van der Waals surface area contributed by atoms with Gasteiger partial charge in [0.25, 0.3) is 0 Å². The van der Waals surface area contributed by atoms with Crippen molar-refractivity contribution in [3.05, 3.63) is 42.5 Å². The van der Waals surface area contributed by atoms with Crippen molar-refractivity contribution in [2.24, 2.45) is 11.8 Å². The Hall–Kier alpha value is -2.95. The van der Waals surface area contributed by atoms with Gasteiger partial charge < -0.3 is 20.5 Å². The van der Waals surface area contributed by atoms with Crippen molar-refractivity contribution in [3.63, 3.8) is 0 Å². The second-order valence-corrected chi connectivity index (χ2v) is 11.0. The number of rotatable bonds is 12. The van der Waals surface area contributed by atoms with Gasteiger partial charge >= 0.3 is 5.97 Å². The van der Waals surface area contributed by atoms with Crippen LogP contribution in [0.3, 0.4) is 0 Å². The number of nitrogens with one attached hydrogen (secondary N) is 3. The van der Waals surface area contributed by atoms with Crippen molar-refractivity contribution in [1.82, 2.24) is 10.8 Å². The van der Waals surface area contributed by atoms with E-state index in [1.165, 1.54) is 0 Å². The minimum absolute atomic E-state index is 0.0132. The molecule has 3 aliphatic rings. The second kappa shape index (κ2) is 14.6. The highest BCUT2D eigenvalue weighted by Gasteiger charge is 2.79. The van der Waals surface area contributed by atoms with Crippen molar-refractivity contribution in [2.45, 2.75) is 88.4 Å². The molecule has 2 saturated heterocycles. The first-order chi connectivity index (χ1) is 19.2. The van der Waals surface area contributed by atoms with Gasteiger partial charge in [0, 0.05) is 30.3 Å². The Morgan fingerprint density at radius 1 is 1.12 bits per heavy atom. The molecule has 1 aromatic carbocycles. The lowest BCUT2D eigenvalue weighted by atomic mass is 9.64. The molecular formula is C29H40ClN3O7. The fraction of sp³-hybridized carbons (Fsp3) is 0.586. The van der Waals surface area contributed by atoms with Crippen LogP contribution in [0.4, 0.5) is 5.69 Å². The zero-order valence-electron chi connectivity index (χ0n) is 22.9. The van der Waals surface area contributed by atoms with Crippen LogP contribution in [-0.2, 0) is 23.9 Å². The second-order valence-electron chi connectivity index (χ2n) is 10.7. The van der Waals surface area contributed by atoms with Gasteiger partial charge in [-0.05, 0) is 57.6 Å². The Kier molecular flexibility index (Phi) is 11.5. The maximum absolute atomic E-state index is 12.2. The predicted molar refractivity (Wildman–Crippen MR) is 149 cm³/mol. The zero-order valence-corrected chi connectivity index (χ0v) is 23.6. The van der Waals surface area contributed by atoms with E-state index in [0.717, 1.165) is 50.6 Å². The molecule has 2 fully saturated rings. The first-order valence-electron chi connectivity index (χ1n) is 13.9. The number of halogens is 1. The number of ether oxygens (including phenoxy) is 1. The molecule has 1 aromatic rings. The number of allylic oxidation sites excluding steroid dienone is 1. The summed E-state index contributed by atoms with van der Waals surface area (Å²) in [5, 5.41) is 24.6. The lowest BCUT2D eigenvalue weighted by Crippen LogP contribution is -2.80. The molecule has 0 spiro atoms. The van der Waals surface area contributed by atoms with E-state index in [2.05, 4.69) is 10.6 Å². The highest BCUT2D eigenvalue weighted by molar-refractivity contribution is 6.18. The molecule has 2 heterocycles. The fourth-order valence-corrected chi connectivity index (χ4v) is 5.93. The molecule has 0 bridgehead atoms. The number of carbonyl (C=O) groups is 4. The standard InChI is InChI=1S/C15H20ClNO4.C14H20N2O3/c1-14-10(7-8-16)12(19)17-15(14,13(20)21-14)11(18)9-5-3-2-4-6-9;17-13(15-12-8-4-3-5-9-12)10-6-1-2-7-11-14(18)16-19/h3,5,9-11,18H,2,4,6-8H2,1H3,(H,17,19);3-5,8-9,19H,1-2,6-7,10-11H2,(H,15,17)(H,16,18)/t9-,10+,11+,14+,15+;/m1./s1. The molecular weight excluding hydrogens is 538 g/mol. The van der Waals surface area contributed by atoms with E-state index in [1.807, 2.05) is 42.5 Å². The van der Waals surface area contributed by atoms with Crippen LogP contribution in [0.1, 0.15) is 71.1 Å². The highest BCUT2D eigenvalue weighted by atomic mass is 35.5. The van der Waals surface area contributed by atoms with Crippen LogP contribution in [-0.4, -0.2) is 57.1 Å². The number of alkyl halides is 1. The largest absolute Gasteiger partial charge is 0.453 e. The van der Waals surface area contributed by atoms with E-state index < -0.39 is 29.1 Å². The number of hydrogen-bond acceptors (Lipinski definition) is 7. The Bertz CT molecular complexity index is 1070. The third-order valence-corrected chi connectivity index (χ3v) is 8.21. The van der Waals surface area contributed by atoms with Gasteiger partial charge in [-0.1, -0.05) is 43.2 Å². The number of fused-ring (bicyclic) bond motifs is 1. The SMILES string of the molecule is C[C@@]12OC(=O)[C@]1([C@@H](O)[C@@H]1C=CCCC1)NC(=O)[C@@H]2CCCl.O=C(CCCCCCC(=O)Nc1ccccc1)NO. The zero-order chi connectivity index (χ0) is 29.2. The first-order valence-corrected chi connectivity index (χ1v) is 14.5. The highest BCUT2D eigenvalue weighted by Crippen LogP contribution is 2.53. The summed E-state index contributed by atoms with van der Waals surface area (Å²) in [4.78, 5) is 46.7. The Labute approximate surface area is 239 Å². The molecule has 1 aliphatic carbocycles. The Morgan fingerprint density at radius 2 is 1.80 bits per heavy atom. The molecule has 0 radical (unpaired) electrons. The van der Waals surface area contributed by atoms with Gasteiger partial charge in [0.2, 0.25) is 23.3 Å². The summed E-state index contributed by atoms with van der Waals surface area (Å²) in [7, 11) is 0. The van der Waals surface area contributed by atoms with E-state index in [9.17, 15) is 24.3 Å². The molecule has 11 heteroatoms. The molecule has 40 heavy (non-hydrogen) atoms. The quantitative estimate of drug-likeness (QED) is 0.0635. The molecule has 0 unspecified atom stereocenters. The number of esters is 1. The van der Waals surface area contributed by atoms with Gasteiger partial charge in [-0.2, -0.15) is 0 Å². The number of aliphatic hydroxyl groups is 1. The summed E-state index contributed by atoms with van der Waals surface area (Å²) in [5.41, 5.74) is 0.0711. The van der Waals surface area contributed by atoms with Crippen molar-refractivity contribution < 1.29 is 34.2 Å². The van der Waals surface area contributed by atoms with E-state index in [0.29, 0.717) is 25.1 Å². The van der Waals surface area contributed by atoms with Crippen molar-refractivity contribution in [3.8, 4) is 0 Å². The number of unbranched alkanes of at least 4 members (excludes halogenated alkanes) is 3. The summed E-state index contributed by atoms with van der Waals surface area (Å²) in [6, 6.07) is 9.36. The number of para-hydroxylation sites is 1. The van der Waals surface area contributed by atoms with Crippen LogP contribution in [0.25, 0.3) is 0 Å². The fourth-order valence-electron chi connectivity index (χ4n) is 5.71. The molecule has 10 nitrogen and oxygen atoms in total. The number of hydrogen-bond donors (Lipinski definition) is 5. The number of amides is 3. The third-order valence-electron chi connectivity index (χ3n) is 7.99. The molecule has 220 valence electrons. The summed E-state index contributed by atoms with van der Waals surface area (Å²) in [6.45, 7) is 1.72. The van der Waals surface area contributed by atoms with Crippen LogP contribution in [0.5, 0.6) is 0 Å². The van der Waals surface area contributed by atoms with Gasteiger partial charge in [0.15, 0.2) is 5.60 Å². The average molecular weight is 578 g/mol. The third kappa shape index (κ3) is 7.03. The van der Waals surface area contributed by atoms with Crippen molar-refractivity contribution in [2.75, 3.05) is 11.2 Å². The van der Waals surface area contributed by atoms with Crippen LogP contribution >= 0.6 is 11.6 Å². The maximum Gasteiger partial charge on any atom is 0.339 e. The van der Waals surface area contributed by atoms with Gasteiger partial charge in [0.1, 0.15) is 0 Å². The maximum atomic E-state index is 12.2. The number of anilines is 1. The predicted octanol–water partition coefficient (Wildman–Crippen LogP) is 3.60. The smallest absolute Gasteiger partial charge is 0.339 e. The van der Waals surface area contributed by atoms with Gasteiger partial charge in [-0.15, -0.1) is 11.6 Å². The molecule has 5 N–H and O–H groups in total. The average Bonchev–Trinajstić information content (AvgIpc) is 3.13. The van der Waals surface area contributed by atoms with Crippen molar-refractivity contribution >= 4 is 41.0 Å². The normalized spacial score (nSPS) is 27.2. The van der Waals surface area contributed by atoms with E-state index in [1.54, 1.807) is 12.4 Å². The van der Waals surface area contributed by atoms with Crippen LogP contribution in [0.15, 0.2) is 42.5 Å². The minimum atomic E-state index is -1.33. The van der Waals surface area contributed by atoms with E-state index >= 15 is 0 Å². The van der Waals surface area contributed by atoms with Gasteiger partial charge in [-0.25, -0.2) is 10.3 Å². The number of carbonyl (C=O) groups excluding carboxylic acids is 4. The molecule has 4 rings (SSSR count). The Balaban J connectivity index is 0.000000222. The van der Waals surface area contributed by atoms with E-state index in [-0.39, 0.29) is 23.6 Å². The number of hydroxylamine groups is 1. The lowest BCUT2D eigenvalue weighted by molar-refractivity contribution is -0.238. The monoisotopic (exact) mass is 577 g/mol. The Morgan fingerprint density at radius 3 is 2.38 bits per heavy atom. The van der Waals surface area contributed by atoms with Gasteiger partial charge in [0.05, 0.1) is 12.0 Å². The lowest BCUT2D eigenvalue weighted by Gasteiger charge is -2.54. The summed E-state index contributed by atoms with van der Waals surface area (Å²) < 4.78 is 5.34. The van der Waals surface area contributed by atoms with E-state index in [4.69, 9.17) is 21.5 Å². The summed E-state index contributed by atoms with van der Waals surface area (Å²) in [6.07, 6.45) is 10.3. The van der Waals surface area contributed by atoms with Crippen LogP contribution in [0, 0.1) is 11.8 Å². The van der Waals surface area contributed by atoms with Gasteiger partial charge in [-0.3, -0.25) is 19.6 Å². The molecule has 0 saturated carbocycles. The first kappa shape index (κ1) is 31.6. The topological polar surface area (TPSA) is 154 Å². The minimum Gasteiger partial charge on any atom is -0.453 e. The molecule has 2 aliphatic heterocycles. The summed E-state index contributed by atoms with van der Waals surface area (Å²) in [5.74, 6) is -1.48. The number of aliphatic hydroxyl groups excluding tert-OH is 1. The van der Waals surface area contributed by atoms with Crippen molar-refractivity contribution in [1.29, 1.82) is 0 Å². The summed E-state index contributed by atoms with van der Waals surface area (Å²) >= 11 is 5.76. The van der Waals surface area contributed by atoms with Crippen LogP contribution < -0.4 is 16.1 Å². The molecule has 5 atom stereocenters.